The maximum Gasteiger partial charge on any atom is 0.417 e. The molecule has 0 amide bonds. The lowest BCUT2D eigenvalue weighted by atomic mass is 9.92. The van der Waals surface area contributed by atoms with Gasteiger partial charge in [-0.2, -0.15) is 13.2 Å². The summed E-state index contributed by atoms with van der Waals surface area (Å²) < 4.78 is 80.3. The van der Waals surface area contributed by atoms with Crippen molar-refractivity contribution >= 4 is 16.6 Å². The van der Waals surface area contributed by atoms with Crippen molar-refractivity contribution in [3.63, 3.8) is 0 Å². The van der Waals surface area contributed by atoms with E-state index < -0.39 is 54.8 Å². The first-order valence-corrected chi connectivity index (χ1v) is 8.44. The molecule has 0 bridgehead atoms. The van der Waals surface area contributed by atoms with Crippen LogP contribution < -0.4 is 10.5 Å². The lowest BCUT2D eigenvalue weighted by Crippen LogP contribution is -2.39. The minimum atomic E-state index is -4.75. The molecule has 0 aliphatic carbocycles. The van der Waals surface area contributed by atoms with Crippen molar-refractivity contribution < 1.29 is 26.3 Å². The minimum absolute atomic E-state index is 0.0263. The molecule has 0 fully saturated rings. The highest BCUT2D eigenvalue weighted by atomic mass is 19.4. The molecule has 0 radical (unpaired) electrons. The van der Waals surface area contributed by atoms with Crippen LogP contribution in [0.2, 0.25) is 0 Å². The van der Waals surface area contributed by atoms with Crippen molar-refractivity contribution in [3.05, 3.63) is 39.7 Å². The number of hydrogen-bond donors (Lipinski definition) is 1. The van der Waals surface area contributed by atoms with E-state index in [0.29, 0.717) is 17.3 Å². The van der Waals surface area contributed by atoms with Gasteiger partial charge in [0.25, 0.3) is 0 Å². The molecule has 0 saturated heterocycles. The SMILES string of the molecule is CC1c2c(ccc3[nH]c(=O)cc(C(F)(F)F)c23)N(CC(F)C(F)CF)C1C. The molecule has 1 aromatic carbocycles. The molecule has 2 heterocycles. The van der Waals surface area contributed by atoms with Crippen molar-refractivity contribution in [1.82, 2.24) is 4.98 Å². The van der Waals surface area contributed by atoms with Crippen LogP contribution in [-0.2, 0) is 6.18 Å². The Hall–Kier alpha value is -2.19. The van der Waals surface area contributed by atoms with E-state index in [-0.39, 0.29) is 10.9 Å². The van der Waals surface area contributed by atoms with Gasteiger partial charge in [0.2, 0.25) is 5.56 Å². The highest BCUT2D eigenvalue weighted by molar-refractivity contribution is 5.93. The number of H-pyrrole nitrogens is 1. The molecule has 1 aromatic heterocycles. The molecule has 0 saturated carbocycles. The first-order valence-electron chi connectivity index (χ1n) is 8.44. The second-order valence-electron chi connectivity index (χ2n) is 6.83. The fraction of sp³-hybridized carbons (Fsp3) is 0.500. The quantitative estimate of drug-likeness (QED) is 0.778. The van der Waals surface area contributed by atoms with E-state index in [9.17, 15) is 31.1 Å². The number of anilines is 1. The molecular formula is C18H18F6N2O. The second-order valence-corrected chi connectivity index (χ2v) is 6.83. The molecule has 4 unspecified atom stereocenters. The normalized spacial score (nSPS) is 22.1. The van der Waals surface area contributed by atoms with Crippen molar-refractivity contribution in [2.45, 2.75) is 44.3 Å². The van der Waals surface area contributed by atoms with Crippen LogP contribution in [0.1, 0.15) is 30.9 Å². The summed E-state index contributed by atoms with van der Waals surface area (Å²) in [6, 6.07) is 2.87. The highest BCUT2D eigenvalue weighted by Gasteiger charge is 2.41. The van der Waals surface area contributed by atoms with Crippen molar-refractivity contribution in [2.75, 3.05) is 18.1 Å². The Morgan fingerprint density at radius 2 is 1.85 bits per heavy atom. The summed E-state index contributed by atoms with van der Waals surface area (Å²) >= 11 is 0. The Kier molecular flexibility index (Phi) is 4.90. The summed E-state index contributed by atoms with van der Waals surface area (Å²) in [5, 5.41) is -0.154. The summed E-state index contributed by atoms with van der Waals surface area (Å²) in [5.41, 5.74) is -1.28. The molecule has 0 spiro atoms. The van der Waals surface area contributed by atoms with Crippen LogP contribution in [0.4, 0.5) is 32.0 Å². The zero-order valence-electron chi connectivity index (χ0n) is 14.6. The molecule has 4 atom stereocenters. The van der Waals surface area contributed by atoms with E-state index in [4.69, 9.17) is 0 Å². The van der Waals surface area contributed by atoms with Crippen molar-refractivity contribution in [1.29, 1.82) is 0 Å². The molecule has 1 N–H and O–H groups in total. The molecule has 3 nitrogen and oxygen atoms in total. The third-order valence-electron chi connectivity index (χ3n) is 5.22. The summed E-state index contributed by atoms with van der Waals surface area (Å²) in [4.78, 5) is 15.5. The number of nitrogens with zero attached hydrogens (tertiary/aromatic N) is 1. The fourth-order valence-corrected chi connectivity index (χ4v) is 3.70. The maximum atomic E-state index is 14.0. The van der Waals surface area contributed by atoms with Gasteiger partial charge in [-0.1, -0.05) is 6.92 Å². The van der Waals surface area contributed by atoms with Gasteiger partial charge < -0.3 is 9.88 Å². The molecule has 1 aliphatic rings. The standard InChI is InChI=1S/C18H18F6N2O/c1-8-9(2)26(7-12(21)11(20)6-19)14-4-3-13-17(16(8)14)10(18(22,23)24)5-15(27)25-13/h3-5,8-9,11-12H,6-7H2,1-2H3,(H,25,27). The Labute approximate surface area is 151 Å². The van der Waals surface area contributed by atoms with Crippen LogP contribution in [0, 0.1) is 0 Å². The van der Waals surface area contributed by atoms with E-state index in [2.05, 4.69) is 4.98 Å². The van der Waals surface area contributed by atoms with Gasteiger partial charge in [0.1, 0.15) is 6.67 Å². The lowest BCUT2D eigenvalue weighted by molar-refractivity contribution is -0.136. The van der Waals surface area contributed by atoms with Crippen LogP contribution in [0.15, 0.2) is 23.0 Å². The number of benzene rings is 1. The first kappa shape index (κ1) is 19.6. The van der Waals surface area contributed by atoms with Crippen LogP contribution in [0.25, 0.3) is 10.9 Å². The Bertz CT molecular complexity index is 909. The average molecular weight is 392 g/mol. The van der Waals surface area contributed by atoms with Crippen LogP contribution >= 0.6 is 0 Å². The molecule has 1 aliphatic heterocycles. The molecule has 27 heavy (non-hydrogen) atoms. The van der Waals surface area contributed by atoms with Crippen LogP contribution in [0.3, 0.4) is 0 Å². The van der Waals surface area contributed by atoms with Gasteiger partial charge in [0, 0.05) is 34.6 Å². The number of nitrogens with one attached hydrogen (secondary N) is 1. The summed E-state index contributed by atoms with van der Waals surface area (Å²) in [6.07, 6.45) is -9.15. The first-order chi connectivity index (χ1) is 12.6. The third-order valence-corrected chi connectivity index (χ3v) is 5.22. The highest BCUT2D eigenvalue weighted by Crippen LogP contribution is 2.47. The maximum absolute atomic E-state index is 14.0. The zero-order valence-corrected chi connectivity index (χ0v) is 14.6. The summed E-state index contributed by atoms with van der Waals surface area (Å²) in [7, 11) is 0. The number of aromatic amines is 1. The van der Waals surface area contributed by atoms with Crippen molar-refractivity contribution in [2.24, 2.45) is 0 Å². The van der Waals surface area contributed by atoms with Gasteiger partial charge in [-0.05, 0) is 24.6 Å². The topological polar surface area (TPSA) is 36.1 Å². The van der Waals surface area contributed by atoms with E-state index in [1.807, 2.05) is 0 Å². The number of aromatic nitrogens is 1. The predicted molar refractivity (Wildman–Crippen MR) is 90.6 cm³/mol. The number of pyridine rings is 1. The minimum Gasteiger partial charge on any atom is -0.365 e. The van der Waals surface area contributed by atoms with E-state index >= 15 is 0 Å². The molecule has 3 rings (SSSR count). The largest absolute Gasteiger partial charge is 0.417 e. The molecular weight excluding hydrogens is 374 g/mol. The van der Waals surface area contributed by atoms with Crippen LogP contribution in [-0.4, -0.2) is 36.6 Å². The van der Waals surface area contributed by atoms with Gasteiger partial charge in [0.15, 0.2) is 12.3 Å². The fourth-order valence-electron chi connectivity index (χ4n) is 3.70. The van der Waals surface area contributed by atoms with Gasteiger partial charge in [-0.3, -0.25) is 4.79 Å². The van der Waals surface area contributed by atoms with Gasteiger partial charge in [-0.15, -0.1) is 0 Å². The lowest BCUT2D eigenvalue weighted by Gasteiger charge is -2.28. The van der Waals surface area contributed by atoms with E-state index in [0.717, 1.165) is 0 Å². The number of rotatable bonds is 4. The number of hydrogen-bond acceptors (Lipinski definition) is 2. The third kappa shape index (κ3) is 3.27. The molecule has 9 heteroatoms. The zero-order chi connectivity index (χ0) is 20.1. The molecule has 148 valence electrons. The monoisotopic (exact) mass is 392 g/mol. The average Bonchev–Trinajstić information content (AvgIpc) is 2.84. The smallest absolute Gasteiger partial charge is 0.365 e. The Morgan fingerprint density at radius 1 is 1.19 bits per heavy atom. The van der Waals surface area contributed by atoms with Crippen molar-refractivity contribution in [3.8, 4) is 0 Å². The number of alkyl halides is 6. The summed E-state index contributed by atoms with van der Waals surface area (Å²) in [6.45, 7) is 1.43. The Balaban J connectivity index is 2.20. The van der Waals surface area contributed by atoms with Gasteiger partial charge >= 0.3 is 6.18 Å². The Morgan fingerprint density at radius 3 is 2.44 bits per heavy atom. The van der Waals surface area contributed by atoms with Gasteiger partial charge in [-0.25, -0.2) is 13.2 Å². The predicted octanol–water partition coefficient (Wildman–Crippen LogP) is 4.50. The second kappa shape index (κ2) is 6.76. The van der Waals surface area contributed by atoms with Crippen LogP contribution in [0.5, 0.6) is 0 Å². The van der Waals surface area contributed by atoms with Gasteiger partial charge in [0.05, 0.1) is 12.1 Å². The van der Waals surface area contributed by atoms with E-state index in [1.54, 1.807) is 13.8 Å². The van der Waals surface area contributed by atoms with E-state index in [1.165, 1.54) is 17.0 Å². The molecule has 2 aromatic rings. The number of halogens is 6. The number of fused-ring (bicyclic) bond motifs is 3. The summed E-state index contributed by atoms with van der Waals surface area (Å²) in [5.74, 6) is -0.439.